The van der Waals surface area contributed by atoms with Crippen LogP contribution in [0.1, 0.15) is 18.4 Å². The fraction of sp³-hybridized carbons (Fsp3) is 0.526. The molecule has 1 aromatic heterocycles. The molecule has 9 heteroatoms. The average Bonchev–Trinajstić information content (AvgIpc) is 3.28. The van der Waals surface area contributed by atoms with Gasteiger partial charge < -0.3 is 14.6 Å². The van der Waals surface area contributed by atoms with E-state index >= 15 is 0 Å². The van der Waals surface area contributed by atoms with Gasteiger partial charge in [0.2, 0.25) is 0 Å². The van der Waals surface area contributed by atoms with Crippen LogP contribution in [0.15, 0.2) is 41.8 Å². The van der Waals surface area contributed by atoms with Crippen LogP contribution in [0.5, 0.6) is 0 Å². The van der Waals surface area contributed by atoms with Gasteiger partial charge in [0, 0.05) is 51.9 Å². The molecule has 3 rings (SSSR count). The Morgan fingerprint density at radius 1 is 1.32 bits per heavy atom. The van der Waals surface area contributed by atoms with Crippen LogP contribution in [0.25, 0.3) is 0 Å². The van der Waals surface area contributed by atoms with E-state index in [2.05, 4.69) is 10.3 Å². The van der Waals surface area contributed by atoms with E-state index in [-0.39, 0.29) is 28.7 Å². The second-order valence-electron chi connectivity index (χ2n) is 7.38. The number of methoxy groups -OCH3 is 1. The van der Waals surface area contributed by atoms with Gasteiger partial charge in [0.05, 0.1) is 12.9 Å². The van der Waals surface area contributed by atoms with Gasteiger partial charge in [0.25, 0.3) is 10.0 Å². The highest BCUT2D eigenvalue weighted by molar-refractivity contribution is 7.89. The van der Waals surface area contributed by atoms with E-state index in [0.717, 1.165) is 5.56 Å². The van der Waals surface area contributed by atoms with Crippen LogP contribution in [0.4, 0.5) is 4.39 Å². The van der Waals surface area contributed by atoms with Crippen molar-refractivity contribution in [3.05, 3.63) is 48.2 Å². The summed E-state index contributed by atoms with van der Waals surface area (Å²) >= 11 is 0. The predicted octanol–water partition coefficient (Wildman–Crippen LogP) is 1.59. The highest BCUT2D eigenvalue weighted by atomic mass is 32.2. The minimum atomic E-state index is -3.67. The number of aromatic nitrogens is 2. The van der Waals surface area contributed by atoms with E-state index in [1.54, 1.807) is 30.9 Å². The topological polar surface area (TPSA) is 76.5 Å². The van der Waals surface area contributed by atoms with Crippen LogP contribution in [0.3, 0.4) is 0 Å². The summed E-state index contributed by atoms with van der Waals surface area (Å²) in [5.41, 5.74) is 0.936. The van der Waals surface area contributed by atoms with Crippen LogP contribution in [0.2, 0.25) is 0 Å². The SMILES string of the molecule is COC[C@H](C)NCC1CN(S(=O)(=O)c2cn(C)cn2)CC1c1ccc(F)cc1. The number of aryl methyl sites for hydroxylation is 1. The maximum atomic E-state index is 13.4. The van der Waals surface area contributed by atoms with Gasteiger partial charge in [-0.25, -0.2) is 17.8 Å². The van der Waals surface area contributed by atoms with Crippen LogP contribution in [-0.2, 0) is 21.8 Å². The number of hydrogen-bond donors (Lipinski definition) is 1. The second kappa shape index (κ2) is 8.69. The van der Waals surface area contributed by atoms with Crippen molar-refractivity contribution in [3.63, 3.8) is 0 Å². The van der Waals surface area contributed by atoms with E-state index in [0.29, 0.717) is 26.2 Å². The molecule has 0 radical (unpaired) electrons. The van der Waals surface area contributed by atoms with Gasteiger partial charge in [-0.1, -0.05) is 12.1 Å². The van der Waals surface area contributed by atoms with Crippen LogP contribution >= 0.6 is 0 Å². The average molecular weight is 411 g/mol. The predicted molar refractivity (Wildman–Crippen MR) is 104 cm³/mol. The van der Waals surface area contributed by atoms with E-state index in [1.807, 2.05) is 6.92 Å². The van der Waals surface area contributed by atoms with Crippen molar-refractivity contribution >= 4 is 10.0 Å². The summed E-state index contributed by atoms with van der Waals surface area (Å²) in [4.78, 5) is 4.02. The first kappa shape index (κ1) is 20.9. The summed E-state index contributed by atoms with van der Waals surface area (Å²) in [5.74, 6) is -0.271. The van der Waals surface area contributed by atoms with E-state index in [1.165, 1.54) is 29.0 Å². The first-order chi connectivity index (χ1) is 13.3. The Balaban J connectivity index is 1.82. The number of nitrogens with one attached hydrogen (secondary N) is 1. The Morgan fingerprint density at radius 3 is 2.64 bits per heavy atom. The lowest BCUT2D eigenvalue weighted by Crippen LogP contribution is -2.36. The number of halogens is 1. The lowest BCUT2D eigenvalue weighted by Gasteiger charge is -2.21. The standard InChI is InChI=1S/C19H27FN4O3S/c1-14(12-27-3)21-8-16-9-24(28(25,26)19-11-23(2)13-22-19)10-18(16)15-4-6-17(20)7-5-15/h4-7,11,13-14,16,18,21H,8-10,12H2,1-3H3/t14-,16?,18?/m0/s1. The molecule has 1 aliphatic rings. The summed E-state index contributed by atoms with van der Waals surface area (Å²) in [6.45, 7) is 3.96. The minimum absolute atomic E-state index is 0.0265. The van der Waals surface area contributed by atoms with Gasteiger partial charge >= 0.3 is 0 Å². The number of rotatable bonds is 8. The molecule has 1 saturated heterocycles. The largest absolute Gasteiger partial charge is 0.383 e. The third-order valence-corrected chi connectivity index (χ3v) is 6.85. The van der Waals surface area contributed by atoms with Gasteiger partial charge in [-0.15, -0.1) is 0 Å². The summed E-state index contributed by atoms with van der Waals surface area (Å²) < 4.78 is 47.6. The number of sulfonamides is 1. The lowest BCUT2D eigenvalue weighted by molar-refractivity contribution is 0.169. The van der Waals surface area contributed by atoms with Gasteiger partial charge in [-0.05, 0) is 30.5 Å². The summed E-state index contributed by atoms with van der Waals surface area (Å²) in [6, 6.07) is 6.47. The maximum Gasteiger partial charge on any atom is 0.262 e. The number of ether oxygens (including phenoxy) is 1. The van der Waals surface area contributed by atoms with Crippen molar-refractivity contribution in [2.45, 2.75) is 23.9 Å². The zero-order chi connectivity index (χ0) is 20.3. The van der Waals surface area contributed by atoms with Crippen LogP contribution < -0.4 is 5.32 Å². The van der Waals surface area contributed by atoms with Crippen molar-refractivity contribution in [3.8, 4) is 0 Å². The molecule has 3 atom stereocenters. The molecule has 1 fully saturated rings. The number of benzene rings is 1. The molecule has 154 valence electrons. The van der Waals surface area contributed by atoms with Gasteiger partial charge in [0.1, 0.15) is 5.82 Å². The highest BCUT2D eigenvalue weighted by Gasteiger charge is 2.40. The van der Waals surface area contributed by atoms with Crippen LogP contribution in [0, 0.1) is 11.7 Å². The molecule has 28 heavy (non-hydrogen) atoms. The van der Waals surface area contributed by atoms with Gasteiger partial charge in [-0.3, -0.25) is 0 Å². The molecule has 0 amide bonds. The quantitative estimate of drug-likeness (QED) is 0.715. The van der Waals surface area contributed by atoms with Gasteiger partial charge in [0.15, 0.2) is 5.03 Å². The normalized spacial score (nSPS) is 21.9. The monoisotopic (exact) mass is 410 g/mol. The molecule has 1 aliphatic heterocycles. The van der Waals surface area contributed by atoms with E-state index in [9.17, 15) is 12.8 Å². The minimum Gasteiger partial charge on any atom is -0.383 e. The molecule has 7 nitrogen and oxygen atoms in total. The fourth-order valence-corrected chi connectivity index (χ4v) is 5.13. The molecule has 2 aromatic rings. The fourth-order valence-electron chi connectivity index (χ4n) is 3.64. The maximum absolute atomic E-state index is 13.4. The Kier molecular flexibility index (Phi) is 6.49. The Morgan fingerprint density at radius 2 is 2.04 bits per heavy atom. The first-order valence-corrected chi connectivity index (χ1v) is 10.7. The molecular formula is C19H27FN4O3S. The van der Waals surface area contributed by atoms with Crippen LogP contribution in [-0.4, -0.2) is 61.7 Å². The molecule has 2 unspecified atom stereocenters. The Labute approximate surface area is 165 Å². The molecule has 1 N–H and O–H groups in total. The smallest absolute Gasteiger partial charge is 0.262 e. The van der Waals surface area contributed by atoms with E-state index < -0.39 is 10.0 Å². The van der Waals surface area contributed by atoms with Crippen molar-refractivity contribution in [1.82, 2.24) is 19.2 Å². The van der Waals surface area contributed by atoms with Crippen molar-refractivity contribution in [2.24, 2.45) is 13.0 Å². The molecule has 0 saturated carbocycles. The third kappa shape index (κ3) is 4.60. The van der Waals surface area contributed by atoms with Gasteiger partial charge in [-0.2, -0.15) is 4.31 Å². The zero-order valence-corrected chi connectivity index (χ0v) is 17.2. The molecule has 1 aromatic carbocycles. The summed E-state index contributed by atoms with van der Waals surface area (Å²) in [6.07, 6.45) is 2.99. The second-order valence-corrected chi connectivity index (χ2v) is 9.27. The number of hydrogen-bond acceptors (Lipinski definition) is 5. The molecule has 0 aliphatic carbocycles. The van der Waals surface area contributed by atoms with Crippen molar-refractivity contribution in [2.75, 3.05) is 33.4 Å². The van der Waals surface area contributed by atoms with E-state index in [4.69, 9.17) is 4.74 Å². The lowest BCUT2D eigenvalue weighted by atomic mass is 9.89. The zero-order valence-electron chi connectivity index (χ0n) is 16.4. The Bertz CT molecular complexity index is 885. The van der Waals surface area contributed by atoms with Crippen molar-refractivity contribution in [1.29, 1.82) is 0 Å². The molecule has 0 bridgehead atoms. The third-order valence-electron chi connectivity index (χ3n) is 5.14. The van der Waals surface area contributed by atoms with Crippen molar-refractivity contribution < 1.29 is 17.5 Å². The molecule has 2 heterocycles. The Hall–Kier alpha value is -1.81. The number of imidazole rings is 1. The highest BCUT2D eigenvalue weighted by Crippen LogP contribution is 2.35. The summed E-state index contributed by atoms with van der Waals surface area (Å²) in [5, 5.41) is 3.46. The summed E-state index contributed by atoms with van der Waals surface area (Å²) in [7, 11) is -0.287. The molecule has 0 spiro atoms. The first-order valence-electron chi connectivity index (χ1n) is 9.27. The molecular weight excluding hydrogens is 383 g/mol. The number of nitrogens with zero attached hydrogens (tertiary/aromatic N) is 3.